The number of unbranched alkanes of at least 4 members (excludes halogenated alkanes) is 1. The van der Waals surface area contributed by atoms with Gasteiger partial charge >= 0.3 is 5.97 Å². The van der Waals surface area contributed by atoms with Crippen molar-refractivity contribution in [3.8, 4) is 0 Å². The highest BCUT2D eigenvalue weighted by Gasteiger charge is 2.25. The Labute approximate surface area is 71.8 Å². The molecule has 1 rings (SSSR count). The number of esters is 1. The van der Waals surface area contributed by atoms with Crippen LogP contribution >= 0.6 is 0 Å². The van der Waals surface area contributed by atoms with Gasteiger partial charge in [-0.25, -0.2) is 4.79 Å². The molecular formula is C8H14O4. The average molecular weight is 174 g/mol. The van der Waals surface area contributed by atoms with Crippen LogP contribution in [0.15, 0.2) is 0 Å². The number of hydrogen-bond acceptors (Lipinski definition) is 4. The molecule has 1 atom stereocenters. The number of carbonyl (C=O) groups is 1. The van der Waals surface area contributed by atoms with Crippen LogP contribution in [0.5, 0.6) is 0 Å². The predicted molar refractivity (Wildman–Crippen MR) is 41.6 cm³/mol. The summed E-state index contributed by atoms with van der Waals surface area (Å²) in [7, 11) is 0. The second kappa shape index (κ2) is 5.11. The van der Waals surface area contributed by atoms with E-state index in [1.165, 1.54) is 0 Å². The summed E-state index contributed by atoms with van der Waals surface area (Å²) >= 11 is 0. The van der Waals surface area contributed by atoms with Crippen molar-refractivity contribution < 1.29 is 19.0 Å². The molecule has 1 unspecified atom stereocenters. The van der Waals surface area contributed by atoms with Gasteiger partial charge in [0.05, 0.1) is 13.2 Å². The van der Waals surface area contributed by atoms with E-state index in [9.17, 15) is 4.79 Å². The van der Waals surface area contributed by atoms with Crippen LogP contribution in [0, 0.1) is 0 Å². The maximum Gasteiger partial charge on any atom is 0.337 e. The Kier molecular flexibility index (Phi) is 4.04. The van der Waals surface area contributed by atoms with E-state index in [2.05, 4.69) is 0 Å². The molecular weight excluding hydrogens is 160 g/mol. The van der Waals surface area contributed by atoms with Crippen molar-refractivity contribution in [3.63, 3.8) is 0 Å². The van der Waals surface area contributed by atoms with Gasteiger partial charge in [-0.3, -0.25) is 0 Å². The number of rotatable bonds is 4. The SMILES string of the molecule is CCCCOC(=O)C1COCO1. The molecule has 0 aromatic rings. The van der Waals surface area contributed by atoms with Crippen LogP contribution < -0.4 is 0 Å². The van der Waals surface area contributed by atoms with E-state index in [0.717, 1.165) is 12.8 Å². The van der Waals surface area contributed by atoms with E-state index < -0.39 is 6.10 Å². The standard InChI is InChI=1S/C8H14O4/c1-2-3-4-11-8(9)7-5-10-6-12-7/h7H,2-6H2,1H3. The molecule has 4 heteroatoms. The van der Waals surface area contributed by atoms with Crippen molar-refractivity contribution in [1.82, 2.24) is 0 Å². The van der Waals surface area contributed by atoms with Crippen molar-refractivity contribution in [2.45, 2.75) is 25.9 Å². The van der Waals surface area contributed by atoms with Gasteiger partial charge < -0.3 is 14.2 Å². The Hall–Kier alpha value is -0.610. The van der Waals surface area contributed by atoms with Crippen LogP contribution in [0.25, 0.3) is 0 Å². The van der Waals surface area contributed by atoms with Gasteiger partial charge in [0.2, 0.25) is 0 Å². The maximum absolute atomic E-state index is 11.1. The zero-order valence-electron chi connectivity index (χ0n) is 7.25. The van der Waals surface area contributed by atoms with Gasteiger partial charge in [-0.1, -0.05) is 13.3 Å². The summed E-state index contributed by atoms with van der Waals surface area (Å²) in [6.45, 7) is 3.05. The molecule has 1 fully saturated rings. The maximum atomic E-state index is 11.1. The van der Waals surface area contributed by atoms with Crippen molar-refractivity contribution in [2.24, 2.45) is 0 Å². The van der Waals surface area contributed by atoms with Crippen molar-refractivity contribution in [1.29, 1.82) is 0 Å². The van der Waals surface area contributed by atoms with Crippen LogP contribution in [-0.4, -0.2) is 32.1 Å². The fourth-order valence-corrected chi connectivity index (χ4v) is 0.880. The molecule has 1 aliphatic rings. The third-order valence-electron chi connectivity index (χ3n) is 1.63. The molecule has 1 aliphatic heterocycles. The second-order valence-corrected chi connectivity index (χ2v) is 2.67. The quantitative estimate of drug-likeness (QED) is 0.465. The summed E-state index contributed by atoms with van der Waals surface area (Å²) in [6, 6.07) is 0. The number of ether oxygens (including phenoxy) is 3. The summed E-state index contributed by atoms with van der Waals surface area (Å²) < 4.78 is 14.7. The van der Waals surface area contributed by atoms with Crippen LogP contribution in [0.2, 0.25) is 0 Å². The first-order valence-electron chi connectivity index (χ1n) is 4.20. The van der Waals surface area contributed by atoms with Gasteiger partial charge in [-0.2, -0.15) is 0 Å². The van der Waals surface area contributed by atoms with E-state index >= 15 is 0 Å². The van der Waals surface area contributed by atoms with E-state index in [1.54, 1.807) is 0 Å². The molecule has 12 heavy (non-hydrogen) atoms. The average Bonchev–Trinajstić information content (AvgIpc) is 2.56. The van der Waals surface area contributed by atoms with Gasteiger partial charge in [0.1, 0.15) is 6.79 Å². The lowest BCUT2D eigenvalue weighted by Gasteiger charge is -2.06. The van der Waals surface area contributed by atoms with Crippen LogP contribution in [-0.2, 0) is 19.0 Å². The first-order chi connectivity index (χ1) is 5.84. The Morgan fingerprint density at radius 3 is 3.08 bits per heavy atom. The van der Waals surface area contributed by atoms with Gasteiger partial charge in [0.15, 0.2) is 6.10 Å². The van der Waals surface area contributed by atoms with Crippen molar-refractivity contribution in [2.75, 3.05) is 20.0 Å². The molecule has 70 valence electrons. The largest absolute Gasteiger partial charge is 0.464 e. The fourth-order valence-electron chi connectivity index (χ4n) is 0.880. The van der Waals surface area contributed by atoms with E-state index in [1.807, 2.05) is 6.92 Å². The minimum atomic E-state index is -0.498. The highest BCUT2D eigenvalue weighted by Crippen LogP contribution is 2.05. The van der Waals surface area contributed by atoms with Gasteiger partial charge in [0, 0.05) is 0 Å². The minimum Gasteiger partial charge on any atom is -0.464 e. The molecule has 0 bridgehead atoms. The minimum absolute atomic E-state index is 0.202. The monoisotopic (exact) mass is 174 g/mol. The highest BCUT2D eigenvalue weighted by molar-refractivity contribution is 5.75. The number of hydrogen-bond donors (Lipinski definition) is 0. The van der Waals surface area contributed by atoms with Gasteiger partial charge in [0.25, 0.3) is 0 Å². The van der Waals surface area contributed by atoms with Crippen molar-refractivity contribution >= 4 is 5.97 Å². The molecule has 0 aromatic carbocycles. The predicted octanol–water partition coefficient (Wildman–Crippen LogP) is 0.703. The highest BCUT2D eigenvalue weighted by atomic mass is 16.7. The van der Waals surface area contributed by atoms with E-state index in [-0.39, 0.29) is 12.8 Å². The summed E-state index contributed by atoms with van der Waals surface area (Å²) in [6.07, 6.45) is 1.43. The Morgan fingerprint density at radius 1 is 1.67 bits per heavy atom. The third-order valence-corrected chi connectivity index (χ3v) is 1.63. The zero-order valence-corrected chi connectivity index (χ0v) is 7.25. The molecule has 0 spiro atoms. The second-order valence-electron chi connectivity index (χ2n) is 2.67. The summed E-state index contributed by atoms with van der Waals surface area (Å²) in [4.78, 5) is 11.1. The first-order valence-corrected chi connectivity index (χ1v) is 4.20. The van der Waals surface area contributed by atoms with Crippen LogP contribution in [0.4, 0.5) is 0 Å². The van der Waals surface area contributed by atoms with Crippen LogP contribution in [0.1, 0.15) is 19.8 Å². The van der Waals surface area contributed by atoms with Gasteiger partial charge in [-0.05, 0) is 6.42 Å². The lowest BCUT2D eigenvalue weighted by molar-refractivity contribution is -0.153. The van der Waals surface area contributed by atoms with Crippen molar-refractivity contribution in [3.05, 3.63) is 0 Å². The van der Waals surface area contributed by atoms with E-state index in [0.29, 0.717) is 13.2 Å². The molecule has 0 amide bonds. The Morgan fingerprint density at radius 2 is 2.50 bits per heavy atom. The molecule has 0 aromatic heterocycles. The summed E-state index contributed by atoms with van der Waals surface area (Å²) in [5.41, 5.74) is 0. The lowest BCUT2D eigenvalue weighted by atomic mass is 10.3. The van der Waals surface area contributed by atoms with E-state index in [4.69, 9.17) is 14.2 Å². The molecule has 4 nitrogen and oxygen atoms in total. The summed E-state index contributed by atoms with van der Waals surface area (Å²) in [5.74, 6) is -0.305. The molecule has 1 heterocycles. The fraction of sp³-hybridized carbons (Fsp3) is 0.875. The smallest absolute Gasteiger partial charge is 0.337 e. The molecule has 1 saturated heterocycles. The Bertz CT molecular complexity index is 140. The zero-order chi connectivity index (χ0) is 8.81. The molecule has 0 radical (unpaired) electrons. The summed E-state index contributed by atoms with van der Waals surface area (Å²) in [5, 5.41) is 0. The molecule has 0 aliphatic carbocycles. The lowest BCUT2D eigenvalue weighted by Crippen LogP contribution is -2.25. The first kappa shape index (κ1) is 9.48. The van der Waals surface area contributed by atoms with Crippen LogP contribution in [0.3, 0.4) is 0 Å². The Balaban J connectivity index is 2.10. The number of carbonyl (C=O) groups excluding carboxylic acids is 1. The topological polar surface area (TPSA) is 44.8 Å². The molecule has 0 N–H and O–H groups in total. The normalized spacial score (nSPS) is 22.6. The van der Waals surface area contributed by atoms with Gasteiger partial charge in [-0.15, -0.1) is 0 Å². The third kappa shape index (κ3) is 2.79. The molecule has 0 saturated carbocycles.